The molecule has 0 aliphatic rings. The number of rotatable bonds is 7. The lowest BCUT2D eigenvalue weighted by molar-refractivity contribution is -0.121. The number of hydrogen-bond donors (Lipinski definition) is 2. The average molecular weight is 270 g/mol. The number of amides is 1. The van der Waals surface area contributed by atoms with Crippen molar-refractivity contribution in [1.29, 1.82) is 0 Å². The molecule has 1 aromatic rings. The van der Waals surface area contributed by atoms with E-state index in [0.29, 0.717) is 13.2 Å². The van der Waals surface area contributed by atoms with Gasteiger partial charge in [0.25, 0.3) is 0 Å². The number of aryl methyl sites for hydroxylation is 2. The van der Waals surface area contributed by atoms with Crippen molar-refractivity contribution in [2.45, 2.75) is 33.4 Å². The second-order valence-corrected chi connectivity index (χ2v) is 5.82. The number of hydrogen-bond acceptors (Lipinski definition) is 4. The van der Waals surface area contributed by atoms with Gasteiger partial charge in [-0.1, -0.05) is 0 Å². The minimum atomic E-state index is 0.00421. The van der Waals surface area contributed by atoms with Crippen LogP contribution in [-0.2, 0) is 16.1 Å². The van der Waals surface area contributed by atoms with Crippen molar-refractivity contribution in [3.05, 3.63) is 21.4 Å². The molecule has 0 fully saturated rings. The van der Waals surface area contributed by atoms with E-state index < -0.39 is 0 Å². The van der Waals surface area contributed by atoms with Crippen molar-refractivity contribution in [1.82, 2.24) is 10.6 Å². The Morgan fingerprint density at radius 3 is 2.78 bits per heavy atom. The molecule has 0 aliphatic carbocycles. The topological polar surface area (TPSA) is 50.4 Å². The van der Waals surface area contributed by atoms with Crippen LogP contribution in [0.3, 0.4) is 0 Å². The number of thiophene rings is 1. The van der Waals surface area contributed by atoms with Gasteiger partial charge < -0.3 is 15.4 Å². The van der Waals surface area contributed by atoms with Gasteiger partial charge in [-0.15, -0.1) is 11.3 Å². The Hall–Kier alpha value is -0.910. The molecule has 1 rings (SSSR count). The number of carbonyl (C=O) groups is 1. The highest BCUT2D eigenvalue weighted by atomic mass is 32.1. The maximum absolute atomic E-state index is 11.6. The smallest absolute Gasteiger partial charge is 0.234 e. The second-order valence-electron chi connectivity index (χ2n) is 4.48. The Balaban J connectivity index is 2.23. The number of ether oxygens (including phenoxy) is 1. The molecule has 5 heteroatoms. The molecule has 1 atom stereocenters. The molecule has 1 heterocycles. The molecule has 0 spiro atoms. The third kappa shape index (κ3) is 5.16. The van der Waals surface area contributed by atoms with Crippen molar-refractivity contribution in [3.8, 4) is 0 Å². The van der Waals surface area contributed by atoms with E-state index >= 15 is 0 Å². The Morgan fingerprint density at radius 2 is 2.22 bits per heavy atom. The van der Waals surface area contributed by atoms with Crippen molar-refractivity contribution in [2.24, 2.45) is 0 Å². The first-order valence-corrected chi connectivity index (χ1v) is 6.89. The Bertz CT molecular complexity index is 371. The first-order valence-electron chi connectivity index (χ1n) is 6.08. The molecule has 1 unspecified atom stereocenters. The lowest BCUT2D eigenvalue weighted by atomic mass is 10.3. The van der Waals surface area contributed by atoms with Gasteiger partial charge in [0.1, 0.15) is 0 Å². The number of methoxy groups -OCH3 is 1. The van der Waals surface area contributed by atoms with E-state index in [1.165, 1.54) is 15.3 Å². The zero-order valence-electron chi connectivity index (χ0n) is 11.5. The van der Waals surface area contributed by atoms with Crippen molar-refractivity contribution < 1.29 is 9.53 Å². The zero-order valence-corrected chi connectivity index (χ0v) is 12.3. The van der Waals surface area contributed by atoms with Gasteiger partial charge in [-0.2, -0.15) is 0 Å². The third-order valence-corrected chi connectivity index (χ3v) is 3.78. The maximum atomic E-state index is 11.6. The summed E-state index contributed by atoms with van der Waals surface area (Å²) in [5, 5.41) is 6.01. The van der Waals surface area contributed by atoms with Crippen LogP contribution in [0.2, 0.25) is 0 Å². The largest absolute Gasteiger partial charge is 0.383 e. The number of carbonyl (C=O) groups excluding carboxylic acids is 1. The molecule has 2 N–H and O–H groups in total. The fourth-order valence-electron chi connectivity index (χ4n) is 1.65. The predicted molar refractivity (Wildman–Crippen MR) is 75.0 cm³/mol. The summed E-state index contributed by atoms with van der Waals surface area (Å²) in [6.07, 6.45) is 0. The second kappa shape index (κ2) is 7.51. The quantitative estimate of drug-likeness (QED) is 0.791. The van der Waals surface area contributed by atoms with E-state index in [-0.39, 0.29) is 11.9 Å². The van der Waals surface area contributed by atoms with Crippen LogP contribution in [0.5, 0.6) is 0 Å². The van der Waals surface area contributed by atoms with Gasteiger partial charge in [0.2, 0.25) is 5.91 Å². The molecule has 102 valence electrons. The summed E-state index contributed by atoms with van der Waals surface area (Å²) in [5.41, 5.74) is 1.31. The molecule has 0 saturated carbocycles. The highest BCUT2D eigenvalue weighted by Gasteiger charge is 2.07. The van der Waals surface area contributed by atoms with Crippen LogP contribution in [0, 0.1) is 13.8 Å². The molecule has 0 aliphatic heterocycles. The van der Waals surface area contributed by atoms with Crippen LogP contribution in [0.1, 0.15) is 22.2 Å². The maximum Gasteiger partial charge on any atom is 0.234 e. The van der Waals surface area contributed by atoms with Crippen LogP contribution in [-0.4, -0.2) is 32.2 Å². The van der Waals surface area contributed by atoms with Gasteiger partial charge in [-0.05, 0) is 32.4 Å². The van der Waals surface area contributed by atoms with E-state index in [1.807, 2.05) is 6.92 Å². The van der Waals surface area contributed by atoms with Crippen LogP contribution >= 0.6 is 11.3 Å². The highest BCUT2D eigenvalue weighted by molar-refractivity contribution is 7.12. The van der Waals surface area contributed by atoms with Gasteiger partial charge in [0.05, 0.1) is 13.2 Å². The Kier molecular flexibility index (Phi) is 6.32. The van der Waals surface area contributed by atoms with Gasteiger partial charge in [0, 0.05) is 29.5 Å². The van der Waals surface area contributed by atoms with Gasteiger partial charge in [-0.3, -0.25) is 4.79 Å². The normalized spacial score (nSPS) is 12.4. The molecule has 0 radical (unpaired) electrons. The van der Waals surface area contributed by atoms with E-state index in [4.69, 9.17) is 4.74 Å². The zero-order chi connectivity index (χ0) is 13.5. The molecular formula is C13H22N2O2S. The van der Waals surface area contributed by atoms with Gasteiger partial charge in [0.15, 0.2) is 0 Å². The average Bonchev–Trinajstić information content (AvgIpc) is 2.58. The van der Waals surface area contributed by atoms with Crippen LogP contribution < -0.4 is 10.6 Å². The van der Waals surface area contributed by atoms with E-state index in [9.17, 15) is 4.79 Å². The minimum absolute atomic E-state index is 0.00421. The third-order valence-electron chi connectivity index (χ3n) is 2.63. The fraction of sp³-hybridized carbons (Fsp3) is 0.615. The molecule has 18 heavy (non-hydrogen) atoms. The first-order chi connectivity index (χ1) is 8.52. The molecular weight excluding hydrogens is 248 g/mol. The van der Waals surface area contributed by atoms with Crippen LogP contribution in [0.4, 0.5) is 0 Å². The summed E-state index contributed by atoms with van der Waals surface area (Å²) < 4.78 is 4.96. The molecule has 0 bridgehead atoms. The van der Waals surface area contributed by atoms with Crippen molar-refractivity contribution in [3.63, 3.8) is 0 Å². The summed E-state index contributed by atoms with van der Waals surface area (Å²) in [7, 11) is 1.63. The van der Waals surface area contributed by atoms with E-state index in [2.05, 4.69) is 30.5 Å². The van der Waals surface area contributed by atoms with Gasteiger partial charge in [-0.25, -0.2) is 0 Å². The molecule has 0 aromatic carbocycles. The predicted octanol–water partition coefficient (Wildman–Crippen LogP) is 1.61. The monoisotopic (exact) mass is 270 g/mol. The molecule has 4 nitrogen and oxygen atoms in total. The van der Waals surface area contributed by atoms with Crippen molar-refractivity contribution in [2.75, 3.05) is 20.3 Å². The van der Waals surface area contributed by atoms with Crippen LogP contribution in [0.25, 0.3) is 0 Å². The minimum Gasteiger partial charge on any atom is -0.383 e. The Morgan fingerprint density at radius 1 is 1.50 bits per heavy atom. The fourth-order valence-corrected chi connectivity index (χ4v) is 2.68. The summed E-state index contributed by atoms with van der Waals surface area (Å²) in [5.74, 6) is 0.00421. The highest BCUT2D eigenvalue weighted by Crippen LogP contribution is 2.19. The summed E-state index contributed by atoms with van der Waals surface area (Å²) in [4.78, 5) is 14.2. The van der Waals surface area contributed by atoms with E-state index in [0.717, 1.165) is 6.54 Å². The van der Waals surface area contributed by atoms with Gasteiger partial charge >= 0.3 is 0 Å². The molecule has 1 amide bonds. The van der Waals surface area contributed by atoms with Crippen molar-refractivity contribution >= 4 is 17.2 Å². The van der Waals surface area contributed by atoms with Crippen LogP contribution in [0.15, 0.2) is 6.07 Å². The standard InChI is InChI=1S/C13H22N2O2S/c1-9-5-12(18-11(9)3)6-14-7-13(16)15-10(2)8-17-4/h5,10,14H,6-8H2,1-4H3,(H,15,16). The SMILES string of the molecule is COCC(C)NC(=O)CNCc1cc(C)c(C)s1. The number of nitrogens with one attached hydrogen (secondary N) is 2. The summed E-state index contributed by atoms with van der Waals surface area (Å²) >= 11 is 1.77. The Labute approximate surface area is 113 Å². The summed E-state index contributed by atoms with van der Waals surface area (Å²) in [6, 6.07) is 2.22. The lowest BCUT2D eigenvalue weighted by Gasteiger charge is -2.12. The lowest BCUT2D eigenvalue weighted by Crippen LogP contribution is -2.40. The summed E-state index contributed by atoms with van der Waals surface area (Å²) in [6.45, 7) is 7.76. The molecule has 1 aromatic heterocycles. The van der Waals surface area contributed by atoms with E-state index in [1.54, 1.807) is 18.4 Å². The molecule has 0 saturated heterocycles. The first kappa shape index (κ1) is 15.1.